The lowest BCUT2D eigenvalue weighted by molar-refractivity contribution is 0.218. The van der Waals surface area contributed by atoms with E-state index in [2.05, 4.69) is 53.3 Å². The van der Waals surface area contributed by atoms with Crippen molar-refractivity contribution in [3.05, 3.63) is 30.1 Å². The Bertz CT molecular complexity index is 485. The number of nitrogens with one attached hydrogen (secondary N) is 2. The molecule has 0 unspecified atom stereocenters. The van der Waals surface area contributed by atoms with Crippen LogP contribution in [0.2, 0.25) is 0 Å². The van der Waals surface area contributed by atoms with Crippen LogP contribution in [-0.2, 0) is 6.42 Å². The number of H-pyrrole nitrogens is 1. The molecule has 0 saturated heterocycles. The Hall–Kier alpha value is -1.39. The van der Waals surface area contributed by atoms with Crippen LogP contribution in [-0.4, -0.2) is 42.2 Å². The maximum Gasteiger partial charge on any atom is 0.107 e. The van der Waals surface area contributed by atoms with Gasteiger partial charge in [-0.2, -0.15) is 0 Å². The largest absolute Gasteiger partial charge is 0.342 e. The fraction of sp³-hybridized carbons (Fsp3) is 0.533. The number of hydrogen-bond donors (Lipinski definition) is 2. The minimum atomic E-state index is 0.416. The van der Waals surface area contributed by atoms with Crippen LogP contribution in [0.4, 0.5) is 0 Å². The zero-order valence-corrected chi connectivity index (χ0v) is 12.3. The number of hydrogen-bond acceptors (Lipinski definition) is 3. The molecule has 0 saturated carbocycles. The molecule has 4 nitrogen and oxygen atoms in total. The third-order valence-electron chi connectivity index (χ3n) is 3.56. The van der Waals surface area contributed by atoms with Crippen molar-refractivity contribution in [3.8, 4) is 0 Å². The normalized spacial score (nSPS) is 15.0. The Kier molecular flexibility index (Phi) is 4.56. The lowest BCUT2D eigenvalue weighted by atomic mass is 10.0. The third-order valence-corrected chi connectivity index (χ3v) is 3.56. The Morgan fingerprint density at radius 2 is 2.05 bits per heavy atom. The minimum Gasteiger partial charge on any atom is -0.342 e. The lowest BCUT2D eigenvalue weighted by Gasteiger charge is -2.26. The zero-order chi connectivity index (χ0) is 13.8. The summed E-state index contributed by atoms with van der Waals surface area (Å²) in [6, 6.07) is 8.19. The van der Waals surface area contributed by atoms with Crippen LogP contribution in [0.5, 0.6) is 0 Å². The van der Waals surface area contributed by atoms with E-state index in [0.29, 0.717) is 12.1 Å². The van der Waals surface area contributed by atoms with E-state index in [1.807, 2.05) is 19.2 Å². The fourth-order valence-electron chi connectivity index (χ4n) is 2.48. The van der Waals surface area contributed by atoms with Crippen LogP contribution >= 0.6 is 0 Å². The summed E-state index contributed by atoms with van der Waals surface area (Å²) in [6.45, 7) is 2.28. The third kappa shape index (κ3) is 3.55. The van der Waals surface area contributed by atoms with Crippen molar-refractivity contribution in [1.82, 2.24) is 20.2 Å². The van der Waals surface area contributed by atoms with E-state index in [0.717, 1.165) is 29.7 Å². The zero-order valence-electron chi connectivity index (χ0n) is 12.3. The monoisotopic (exact) mass is 260 g/mol. The van der Waals surface area contributed by atoms with Gasteiger partial charge in [-0.15, -0.1) is 0 Å². The molecular formula is C15H24N4. The number of aromatic nitrogens is 2. The average Bonchev–Trinajstić information content (AvgIpc) is 2.77. The molecule has 0 aliphatic heterocycles. The predicted octanol–water partition coefficient (Wildman–Crippen LogP) is 2.24. The van der Waals surface area contributed by atoms with Crippen molar-refractivity contribution in [2.24, 2.45) is 5.92 Å². The van der Waals surface area contributed by atoms with E-state index >= 15 is 0 Å². The summed E-state index contributed by atoms with van der Waals surface area (Å²) in [5.74, 6) is 1.67. The number of nitrogens with zero attached hydrogens (tertiary/aromatic N) is 2. The fourth-order valence-corrected chi connectivity index (χ4v) is 2.48. The standard InChI is InChI=1S/C15H24N4/c1-11(10-15(16-2)19(3)4)9-14-17-12-7-5-6-8-13(12)18-14/h5-8,11,15-16H,9-10H2,1-4H3,(H,17,18)/t11-,15-/m1/s1. The molecule has 2 rings (SSSR count). The quantitative estimate of drug-likeness (QED) is 0.783. The van der Waals surface area contributed by atoms with Crippen LogP contribution in [0.15, 0.2) is 24.3 Å². The summed E-state index contributed by atoms with van der Waals surface area (Å²) in [4.78, 5) is 10.3. The molecular weight excluding hydrogens is 236 g/mol. The highest BCUT2D eigenvalue weighted by Crippen LogP contribution is 2.16. The van der Waals surface area contributed by atoms with Gasteiger partial charge in [-0.05, 0) is 45.6 Å². The molecule has 0 aliphatic carbocycles. The van der Waals surface area contributed by atoms with Gasteiger partial charge in [0.15, 0.2) is 0 Å². The lowest BCUT2D eigenvalue weighted by Crippen LogP contribution is -2.40. The number of fused-ring (bicyclic) bond motifs is 1. The van der Waals surface area contributed by atoms with Gasteiger partial charge in [-0.1, -0.05) is 19.1 Å². The van der Waals surface area contributed by atoms with Gasteiger partial charge in [0, 0.05) is 6.42 Å². The van der Waals surface area contributed by atoms with Crippen molar-refractivity contribution in [1.29, 1.82) is 0 Å². The molecule has 2 N–H and O–H groups in total. The highest BCUT2D eigenvalue weighted by molar-refractivity contribution is 5.74. The summed E-state index contributed by atoms with van der Waals surface area (Å²) < 4.78 is 0. The van der Waals surface area contributed by atoms with Crippen molar-refractivity contribution >= 4 is 11.0 Å². The molecule has 0 bridgehead atoms. The summed E-state index contributed by atoms with van der Waals surface area (Å²) in [7, 11) is 6.22. The molecule has 2 atom stereocenters. The average molecular weight is 260 g/mol. The van der Waals surface area contributed by atoms with Gasteiger partial charge in [0.2, 0.25) is 0 Å². The van der Waals surface area contributed by atoms with Crippen molar-refractivity contribution < 1.29 is 0 Å². The second kappa shape index (κ2) is 6.17. The summed E-state index contributed by atoms with van der Waals surface area (Å²) in [5.41, 5.74) is 2.19. The maximum atomic E-state index is 4.64. The van der Waals surface area contributed by atoms with Crippen molar-refractivity contribution in [3.63, 3.8) is 0 Å². The number of benzene rings is 1. The molecule has 1 aromatic heterocycles. The Balaban J connectivity index is 2.00. The number of aromatic amines is 1. The SMILES string of the molecule is CN[C@@H](C[C@H](C)Cc1nc2ccccc2[nH]1)N(C)C. The second-order valence-corrected chi connectivity index (χ2v) is 5.51. The molecule has 0 spiro atoms. The number of imidazole rings is 1. The molecule has 19 heavy (non-hydrogen) atoms. The molecule has 0 aliphatic rings. The Labute approximate surface area is 115 Å². The topological polar surface area (TPSA) is 44.0 Å². The number of para-hydroxylation sites is 2. The Morgan fingerprint density at radius 3 is 2.68 bits per heavy atom. The van der Waals surface area contributed by atoms with Crippen LogP contribution in [0.3, 0.4) is 0 Å². The molecule has 104 valence electrons. The summed E-state index contributed by atoms with van der Waals surface area (Å²) in [5, 5.41) is 3.34. The van der Waals surface area contributed by atoms with Crippen LogP contribution in [0, 0.1) is 5.92 Å². The first-order valence-corrected chi connectivity index (χ1v) is 6.87. The van der Waals surface area contributed by atoms with E-state index in [1.165, 1.54) is 0 Å². The number of rotatable bonds is 6. The van der Waals surface area contributed by atoms with E-state index in [9.17, 15) is 0 Å². The molecule has 1 aromatic carbocycles. The maximum absolute atomic E-state index is 4.64. The van der Waals surface area contributed by atoms with Crippen LogP contribution in [0.25, 0.3) is 11.0 Å². The van der Waals surface area contributed by atoms with Gasteiger partial charge in [0.25, 0.3) is 0 Å². The van der Waals surface area contributed by atoms with E-state index in [1.54, 1.807) is 0 Å². The highest BCUT2D eigenvalue weighted by Gasteiger charge is 2.15. The molecule has 0 radical (unpaired) electrons. The second-order valence-electron chi connectivity index (χ2n) is 5.51. The molecule has 4 heteroatoms. The van der Waals surface area contributed by atoms with Gasteiger partial charge >= 0.3 is 0 Å². The molecule has 1 heterocycles. The first-order chi connectivity index (χ1) is 9.10. The van der Waals surface area contributed by atoms with E-state index < -0.39 is 0 Å². The highest BCUT2D eigenvalue weighted by atomic mass is 15.2. The van der Waals surface area contributed by atoms with E-state index in [4.69, 9.17) is 0 Å². The first-order valence-electron chi connectivity index (χ1n) is 6.87. The minimum absolute atomic E-state index is 0.416. The smallest absolute Gasteiger partial charge is 0.107 e. The van der Waals surface area contributed by atoms with Crippen molar-refractivity contribution in [2.75, 3.05) is 21.1 Å². The molecule has 0 amide bonds. The van der Waals surface area contributed by atoms with Gasteiger partial charge < -0.3 is 10.3 Å². The van der Waals surface area contributed by atoms with Gasteiger partial charge in [0.05, 0.1) is 17.2 Å². The predicted molar refractivity (Wildman–Crippen MR) is 80.1 cm³/mol. The van der Waals surface area contributed by atoms with Gasteiger partial charge in [0.1, 0.15) is 5.82 Å². The summed E-state index contributed by atoms with van der Waals surface area (Å²) >= 11 is 0. The first kappa shape index (κ1) is 14.0. The van der Waals surface area contributed by atoms with E-state index in [-0.39, 0.29) is 0 Å². The van der Waals surface area contributed by atoms with Crippen LogP contribution in [0.1, 0.15) is 19.2 Å². The van der Waals surface area contributed by atoms with Gasteiger partial charge in [-0.3, -0.25) is 4.90 Å². The summed E-state index contributed by atoms with van der Waals surface area (Å²) in [6.07, 6.45) is 2.51. The van der Waals surface area contributed by atoms with Gasteiger partial charge in [-0.25, -0.2) is 4.98 Å². The molecule has 0 fully saturated rings. The molecule has 2 aromatic rings. The van der Waals surface area contributed by atoms with Crippen LogP contribution < -0.4 is 5.32 Å². The van der Waals surface area contributed by atoms with Crippen molar-refractivity contribution in [2.45, 2.75) is 25.9 Å². The Morgan fingerprint density at radius 1 is 1.32 bits per heavy atom.